The Morgan fingerprint density at radius 1 is 1.12 bits per heavy atom. The first-order chi connectivity index (χ1) is 7.61. The van der Waals surface area contributed by atoms with Gasteiger partial charge in [0, 0.05) is 11.1 Å². The average Bonchev–Trinajstić information content (AvgIpc) is 2.24. The fourth-order valence-electron chi connectivity index (χ4n) is 1.47. The molecule has 0 saturated heterocycles. The standard InChI is InChI=1S/C12H7BrClFO/c13-8-4-1-3-7(12(8)16)11-9(14)5-2-6-10(11)15/h1-6,16H. The Morgan fingerprint density at radius 3 is 2.50 bits per heavy atom. The predicted octanol–water partition coefficient (Wildman–Crippen LogP) is 4.61. The van der Waals surface area contributed by atoms with Crippen LogP contribution in [0.3, 0.4) is 0 Å². The summed E-state index contributed by atoms with van der Waals surface area (Å²) in [6, 6.07) is 9.41. The van der Waals surface area contributed by atoms with E-state index in [1.165, 1.54) is 12.1 Å². The molecule has 0 aliphatic rings. The SMILES string of the molecule is Oc1c(Br)cccc1-c1c(F)cccc1Cl. The van der Waals surface area contributed by atoms with Crippen molar-refractivity contribution in [2.75, 3.05) is 0 Å². The summed E-state index contributed by atoms with van der Waals surface area (Å²) in [6.45, 7) is 0. The highest BCUT2D eigenvalue weighted by Crippen LogP contribution is 2.39. The summed E-state index contributed by atoms with van der Waals surface area (Å²) in [6.07, 6.45) is 0. The minimum absolute atomic E-state index is 0.0190. The van der Waals surface area contributed by atoms with Crippen LogP contribution in [-0.2, 0) is 0 Å². The molecule has 0 aromatic heterocycles. The van der Waals surface area contributed by atoms with Gasteiger partial charge < -0.3 is 5.11 Å². The molecule has 0 radical (unpaired) electrons. The predicted molar refractivity (Wildman–Crippen MR) is 66.2 cm³/mol. The van der Waals surface area contributed by atoms with Gasteiger partial charge in [0.05, 0.1) is 9.50 Å². The summed E-state index contributed by atoms with van der Waals surface area (Å²) < 4.78 is 14.1. The topological polar surface area (TPSA) is 20.2 Å². The molecule has 0 bridgehead atoms. The van der Waals surface area contributed by atoms with Crippen LogP contribution in [0.2, 0.25) is 5.02 Å². The van der Waals surface area contributed by atoms with E-state index in [-0.39, 0.29) is 16.3 Å². The van der Waals surface area contributed by atoms with E-state index in [0.717, 1.165) is 0 Å². The molecule has 4 heteroatoms. The Kier molecular flexibility index (Phi) is 3.17. The Bertz CT molecular complexity index is 522. The smallest absolute Gasteiger partial charge is 0.137 e. The molecule has 16 heavy (non-hydrogen) atoms. The summed E-state index contributed by atoms with van der Waals surface area (Å²) >= 11 is 9.10. The first-order valence-corrected chi connectivity index (χ1v) is 5.70. The van der Waals surface area contributed by atoms with Crippen molar-refractivity contribution < 1.29 is 9.50 Å². The van der Waals surface area contributed by atoms with E-state index >= 15 is 0 Å². The highest BCUT2D eigenvalue weighted by atomic mass is 79.9. The second kappa shape index (κ2) is 4.44. The Hall–Kier alpha value is -1.06. The first kappa shape index (κ1) is 11.4. The van der Waals surface area contributed by atoms with Crippen molar-refractivity contribution >= 4 is 27.5 Å². The third-order valence-corrected chi connectivity index (χ3v) is 3.17. The molecule has 0 aliphatic carbocycles. The van der Waals surface area contributed by atoms with E-state index in [4.69, 9.17) is 11.6 Å². The zero-order valence-corrected chi connectivity index (χ0v) is 10.4. The number of benzene rings is 2. The van der Waals surface area contributed by atoms with Crippen LogP contribution in [0, 0.1) is 5.82 Å². The van der Waals surface area contributed by atoms with E-state index in [1.807, 2.05) is 0 Å². The Balaban J connectivity index is 2.73. The molecule has 0 amide bonds. The van der Waals surface area contributed by atoms with Crippen LogP contribution in [0.1, 0.15) is 0 Å². The van der Waals surface area contributed by atoms with Crippen molar-refractivity contribution in [2.24, 2.45) is 0 Å². The maximum absolute atomic E-state index is 13.6. The van der Waals surface area contributed by atoms with Crippen molar-refractivity contribution in [3.05, 3.63) is 51.7 Å². The second-order valence-electron chi connectivity index (χ2n) is 3.23. The summed E-state index contributed by atoms with van der Waals surface area (Å²) in [5.74, 6) is -0.476. The highest BCUT2D eigenvalue weighted by molar-refractivity contribution is 9.10. The normalized spacial score (nSPS) is 10.4. The molecule has 0 atom stereocenters. The van der Waals surface area contributed by atoms with Gasteiger partial charge in [-0.25, -0.2) is 4.39 Å². The number of halogens is 3. The molecule has 0 spiro atoms. The summed E-state index contributed by atoms with van der Waals surface area (Å²) in [5.41, 5.74) is 0.584. The number of hydrogen-bond acceptors (Lipinski definition) is 1. The van der Waals surface area contributed by atoms with E-state index in [2.05, 4.69) is 15.9 Å². The molecule has 2 aromatic rings. The van der Waals surface area contributed by atoms with Gasteiger partial charge in [0.15, 0.2) is 0 Å². The van der Waals surface area contributed by atoms with E-state index in [0.29, 0.717) is 10.0 Å². The average molecular weight is 302 g/mol. The number of para-hydroxylation sites is 1. The van der Waals surface area contributed by atoms with Crippen molar-refractivity contribution in [2.45, 2.75) is 0 Å². The van der Waals surface area contributed by atoms with Crippen molar-refractivity contribution in [1.29, 1.82) is 0 Å². The number of rotatable bonds is 1. The van der Waals surface area contributed by atoms with Crippen LogP contribution in [-0.4, -0.2) is 5.11 Å². The summed E-state index contributed by atoms with van der Waals surface area (Å²) in [4.78, 5) is 0. The quantitative estimate of drug-likeness (QED) is 0.815. The van der Waals surface area contributed by atoms with Gasteiger partial charge in [-0.2, -0.15) is 0 Å². The van der Waals surface area contributed by atoms with Crippen molar-refractivity contribution in [3.63, 3.8) is 0 Å². The van der Waals surface area contributed by atoms with Crippen molar-refractivity contribution in [3.8, 4) is 16.9 Å². The lowest BCUT2D eigenvalue weighted by Crippen LogP contribution is -1.86. The Morgan fingerprint density at radius 2 is 1.81 bits per heavy atom. The molecule has 82 valence electrons. The number of phenolic OH excluding ortho intramolecular Hbond substituents is 1. The van der Waals surface area contributed by atoms with Crippen LogP contribution >= 0.6 is 27.5 Å². The van der Waals surface area contributed by atoms with Crippen molar-refractivity contribution in [1.82, 2.24) is 0 Å². The fourth-order valence-corrected chi connectivity index (χ4v) is 2.10. The van der Waals surface area contributed by atoms with E-state index < -0.39 is 5.82 Å². The third kappa shape index (κ3) is 1.93. The first-order valence-electron chi connectivity index (χ1n) is 4.53. The lowest BCUT2D eigenvalue weighted by Gasteiger charge is -2.09. The van der Waals surface area contributed by atoms with Gasteiger partial charge in [-0.3, -0.25) is 0 Å². The minimum Gasteiger partial charge on any atom is -0.506 e. The monoisotopic (exact) mass is 300 g/mol. The van der Waals surface area contributed by atoms with E-state index in [9.17, 15) is 9.50 Å². The van der Waals surface area contributed by atoms with Gasteiger partial charge >= 0.3 is 0 Å². The van der Waals surface area contributed by atoms with Gasteiger partial charge in [-0.15, -0.1) is 0 Å². The lowest BCUT2D eigenvalue weighted by molar-refractivity contribution is 0.473. The maximum atomic E-state index is 13.6. The molecule has 2 rings (SSSR count). The molecule has 2 aromatic carbocycles. The number of phenols is 1. The van der Waals surface area contributed by atoms with Gasteiger partial charge in [0.2, 0.25) is 0 Å². The van der Waals surface area contributed by atoms with Gasteiger partial charge in [-0.05, 0) is 34.1 Å². The van der Waals surface area contributed by atoms with Crippen LogP contribution in [0.25, 0.3) is 11.1 Å². The molecule has 0 unspecified atom stereocenters. The summed E-state index contributed by atoms with van der Waals surface area (Å²) in [5, 5.41) is 10.1. The van der Waals surface area contributed by atoms with Gasteiger partial charge in [0.1, 0.15) is 11.6 Å². The molecule has 0 saturated carbocycles. The molecule has 1 N–H and O–H groups in total. The van der Waals surface area contributed by atoms with Crippen LogP contribution in [0.15, 0.2) is 40.9 Å². The van der Waals surface area contributed by atoms with Crippen LogP contribution in [0.4, 0.5) is 4.39 Å². The summed E-state index contributed by atoms with van der Waals surface area (Å²) in [7, 11) is 0. The highest BCUT2D eigenvalue weighted by Gasteiger charge is 2.14. The number of aromatic hydroxyl groups is 1. The fraction of sp³-hybridized carbons (Fsp3) is 0. The molecule has 0 aliphatic heterocycles. The molecule has 0 fully saturated rings. The lowest BCUT2D eigenvalue weighted by atomic mass is 10.0. The molecular formula is C12H7BrClFO. The maximum Gasteiger partial charge on any atom is 0.137 e. The minimum atomic E-state index is -0.457. The largest absolute Gasteiger partial charge is 0.506 e. The molecular weight excluding hydrogens is 294 g/mol. The zero-order chi connectivity index (χ0) is 11.7. The van der Waals surface area contributed by atoms with Crippen LogP contribution in [0.5, 0.6) is 5.75 Å². The second-order valence-corrected chi connectivity index (χ2v) is 4.49. The van der Waals surface area contributed by atoms with E-state index in [1.54, 1.807) is 24.3 Å². The number of hydrogen-bond donors (Lipinski definition) is 1. The zero-order valence-electron chi connectivity index (χ0n) is 8.05. The Labute approximate surface area is 106 Å². The van der Waals surface area contributed by atoms with Gasteiger partial charge in [-0.1, -0.05) is 29.8 Å². The third-order valence-electron chi connectivity index (χ3n) is 2.22. The van der Waals surface area contributed by atoms with Crippen LogP contribution < -0.4 is 0 Å². The molecule has 0 heterocycles. The molecule has 1 nitrogen and oxygen atoms in total. The van der Waals surface area contributed by atoms with Gasteiger partial charge in [0.25, 0.3) is 0 Å².